The zero-order chi connectivity index (χ0) is 26.0. The van der Waals surface area contributed by atoms with Crippen LogP contribution in [-0.2, 0) is 18.9 Å². The molecule has 0 aliphatic heterocycles. The van der Waals surface area contributed by atoms with E-state index in [0.29, 0.717) is 18.2 Å². The van der Waals surface area contributed by atoms with E-state index in [4.69, 9.17) is 28.9 Å². The Morgan fingerprint density at radius 1 is 1.11 bits per heavy atom. The quantitative estimate of drug-likeness (QED) is 0.137. The van der Waals surface area contributed by atoms with Gasteiger partial charge >= 0.3 is 12.4 Å². The van der Waals surface area contributed by atoms with Crippen molar-refractivity contribution in [2.24, 2.45) is 10.7 Å². The molecule has 3 rings (SSSR count). The van der Waals surface area contributed by atoms with Gasteiger partial charge in [-0.3, -0.25) is 0 Å². The van der Waals surface area contributed by atoms with Crippen LogP contribution < -0.4 is 10.6 Å². The van der Waals surface area contributed by atoms with Gasteiger partial charge in [0.2, 0.25) is 5.96 Å². The van der Waals surface area contributed by atoms with Crippen LogP contribution in [0.15, 0.2) is 60.1 Å². The second-order valence-electron chi connectivity index (χ2n) is 7.09. The standard InChI is InChI=1S/C21H14Cl2F6N6/c22-13-2-4-18(16(23)8-13)35(10-30)19(31)33-17(9-34-6-5-32-11-34)14-7-12(20(24,25)26)1-3-15(14)21(27,28)29/h1-8,11,17H,9H2,(H2,31,33). The Kier molecular flexibility index (Phi) is 7.52. The van der Waals surface area contributed by atoms with Gasteiger partial charge in [0.25, 0.3) is 0 Å². The molecule has 0 aliphatic carbocycles. The Morgan fingerprint density at radius 3 is 2.37 bits per heavy atom. The lowest BCUT2D eigenvalue weighted by Crippen LogP contribution is -2.34. The summed E-state index contributed by atoms with van der Waals surface area (Å²) < 4.78 is 82.6. The van der Waals surface area contributed by atoms with Crippen LogP contribution in [0, 0.1) is 11.5 Å². The van der Waals surface area contributed by atoms with Crippen LogP contribution in [0.2, 0.25) is 10.0 Å². The monoisotopic (exact) mass is 534 g/mol. The number of benzene rings is 2. The summed E-state index contributed by atoms with van der Waals surface area (Å²) >= 11 is 11.9. The molecule has 0 saturated carbocycles. The van der Waals surface area contributed by atoms with Crippen molar-refractivity contribution in [2.45, 2.75) is 24.9 Å². The predicted molar refractivity (Wildman–Crippen MR) is 118 cm³/mol. The van der Waals surface area contributed by atoms with Gasteiger partial charge in [-0.1, -0.05) is 23.2 Å². The number of guanidine groups is 1. The molecule has 2 N–H and O–H groups in total. The molecule has 6 nitrogen and oxygen atoms in total. The SMILES string of the molecule is N#CN(C(N)=NC(Cn1ccnc1)c1cc(C(F)(F)F)ccc1C(F)(F)F)c1ccc(Cl)cc1Cl. The lowest BCUT2D eigenvalue weighted by molar-refractivity contribution is -0.142. The second kappa shape index (κ2) is 10.1. The summed E-state index contributed by atoms with van der Waals surface area (Å²) in [4.78, 5) is 8.53. The van der Waals surface area contributed by atoms with Crippen molar-refractivity contribution in [3.8, 4) is 6.19 Å². The number of aliphatic imine (C=N–C) groups is 1. The Bertz CT molecular complexity index is 1260. The Morgan fingerprint density at radius 2 is 1.83 bits per heavy atom. The molecule has 184 valence electrons. The number of aromatic nitrogens is 2. The molecule has 0 fully saturated rings. The number of alkyl halides is 6. The number of rotatable bonds is 5. The van der Waals surface area contributed by atoms with Crippen LogP contribution in [0.3, 0.4) is 0 Å². The number of anilines is 1. The summed E-state index contributed by atoms with van der Waals surface area (Å²) in [7, 11) is 0. The minimum atomic E-state index is -4.99. The first-order chi connectivity index (χ1) is 16.3. The zero-order valence-electron chi connectivity index (χ0n) is 17.3. The van der Waals surface area contributed by atoms with Crippen LogP contribution in [0.1, 0.15) is 22.7 Å². The van der Waals surface area contributed by atoms with E-state index in [-0.39, 0.29) is 22.3 Å². The summed E-state index contributed by atoms with van der Waals surface area (Å²) in [5.74, 6) is -0.604. The highest BCUT2D eigenvalue weighted by Gasteiger charge is 2.39. The fraction of sp³-hybridized carbons (Fsp3) is 0.190. The van der Waals surface area contributed by atoms with E-state index in [1.54, 1.807) is 6.19 Å². The molecule has 0 saturated heterocycles. The summed E-state index contributed by atoms with van der Waals surface area (Å²) in [5.41, 5.74) is 2.54. The van der Waals surface area contributed by atoms with Crippen LogP contribution in [0.5, 0.6) is 0 Å². The van der Waals surface area contributed by atoms with Crippen LogP contribution in [-0.4, -0.2) is 15.5 Å². The third-order valence-electron chi connectivity index (χ3n) is 4.75. The Balaban J connectivity index is 2.19. The number of imidazole rings is 1. The van der Waals surface area contributed by atoms with E-state index < -0.39 is 41.0 Å². The fourth-order valence-electron chi connectivity index (χ4n) is 3.18. The largest absolute Gasteiger partial charge is 0.416 e. The highest BCUT2D eigenvalue weighted by molar-refractivity contribution is 6.36. The van der Waals surface area contributed by atoms with E-state index in [1.165, 1.54) is 41.5 Å². The molecule has 1 unspecified atom stereocenters. The molecule has 1 atom stereocenters. The fourth-order valence-corrected chi connectivity index (χ4v) is 3.68. The number of nitriles is 1. The van der Waals surface area contributed by atoms with Crippen molar-refractivity contribution in [2.75, 3.05) is 4.90 Å². The summed E-state index contributed by atoms with van der Waals surface area (Å²) in [6.07, 6.45) is -4.24. The number of nitrogens with zero attached hydrogens (tertiary/aromatic N) is 5. The third-order valence-corrected chi connectivity index (χ3v) is 5.29. The maximum absolute atomic E-state index is 13.8. The van der Waals surface area contributed by atoms with Gasteiger partial charge in [-0.15, -0.1) is 0 Å². The number of nitrogens with two attached hydrogens (primary N) is 1. The minimum absolute atomic E-state index is 0.0151. The highest BCUT2D eigenvalue weighted by Crippen LogP contribution is 2.40. The van der Waals surface area contributed by atoms with Crippen molar-refractivity contribution in [3.05, 3.63) is 81.9 Å². The normalized spacial score (nSPS) is 13.4. The van der Waals surface area contributed by atoms with Crippen molar-refractivity contribution in [3.63, 3.8) is 0 Å². The van der Waals surface area contributed by atoms with Crippen LogP contribution in [0.4, 0.5) is 32.0 Å². The van der Waals surface area contributed by atoms with E-state index >= 15 is 0 Å². The van der Waals surface area contributed by atoms with Crippen molar-refractivity contribution >= 4 is 34.8 Å². The van der Waals surface area contributed by atoms with Gasteiger partial charge in [-0.05, 0) is 42.0 Å². The molecule has 1 aromatic heterocycles. The average molecular weight is 535 g/mol. The minimum Gasteiger partial charge on any atom is -0.369 e. The molecule has 0 bridgehead atoms. The molecule has 0 amide bonds. The van der Waals surface area contributed by atoms with Gasteiger partial charge in [0, 0.05) is 17.4 Å². The number of hydrogen-bond donors (Lipinski definition) is 1. The van der Waals surface area contributed by atoms with Crippen molar-refractivity contribution < 1.29 is 26.3 Å². The van der Waals surface area contributed by atoms with E-state index in [2.05, 4.69) is 9.98 Å². The maximum Gasteiger partial charge on any atom is 0.416 e. The molecular formula is C21H14Cl2F6N6. The average Bonchev–Trinajstić information content (AvgIpc) is 3.27. The predicted octanol–water partition coefficient (Wildman–Crippen LogP) is 6.27. The van der Waals surface area contributed by atoms with Gasteiger partial charge < -0.3 is 10.3 Å². The molecule has 2 aromatic carbocycles. The lowest BCUT2D eigenvalue weighted by atomic mass is 9.97. The molecule has 0 aliphatic rings. The van der Waals surface area contributed by atoms with Gasteiger partial charge in [-0.25, -0.2) is 14.9 Å². The number of hydrogen-bond acceptors (Lipinski definition) is 3. The Hall–Kier alpha value is -3.43. The smallest absolute Gasteiger partial charge is 0.369 e. The second-order valence-corrected chi connectivity index (χ2v) is 7.93. The van der Waals surface area contributed by atoms with Gasteiger partial charge in [0.1, 0.15) is 0 Å². The number of halogens is 8. The lowest BCUT2D eigenvalue weighted by Gasteiger charge is -2.23. The molecule has 0 spiro atoms. The highest BCUT2D eigenvalue weighted by atomic mass is 35.5. The first-order valence-corrected chi connectivity index (χ1v) is 10.3. The Labute approximate surface area is 204 Å². The van der Waals surface area contributed by atoms with Crippen molar-refractivity contribution in [1.29, 1.82) is 5.26 Å². The third kappa shape index (κ3) is 6.17. The molecule has 0 radical (unpaired) electrons. The van der Waals surface area contributed by atoms with E-state index in [9.17, 15) is 31.6 Å². The molecule has 14 heteroatoms. The van der Waals surface area contributed by atoms with Gasteiger partial charge in [-0.2, -0.15) is 31.6 Å². The topological polar surface area (TPSA) is 83.2 Å². The van der Waals surface area contributed by atoms with Crippen LogP contribution in [0.25, 0.3) is 0 Å². The summed E-state index contributed by atoms with van der Waals surface area (Å²) in [5, 5.41) is 9.82. The first-order valence-electron chi connectivity index (χ1n) is 9.53. The van der Waals surface area contributed by atoms with Gasteiger partial charge in [0.15, 0.2) is 6.19 Å². The van der Waals surface area contributed by atoms with Crippen molar-refractivity contribution in [1.82, 2.24) is 9.55 Å². The molecule has 3 aromatic rings. The van der Waals surface area contributed by atoms with Gasteiger partial charge in [0.05, 0.1) is 40.8 Å². The molecular weight excluding hydrogens is 521 g/mol. The zero-order valence-corrected chi connectivity index (χ0v) is 18.8. The summed E-state index contributed by atoms with van der Waals surface area (Å²) in [6.45, 7) is -0.362. The first kappa shape index (κ1) is 26.2. The molecule has 35 heavy (non-hydrogen) atoms. The molecule has 1 heterocycles. The van der Waals surface area contributed by atoms with E-state index in [0.717, 1.165) is 4.90 Å². The van der Waals surface area contributed by atoms with Crippen LogP contribution >= 0.6 is 23.2 Å². The summed E-state index contributed by atoms with van der Waals surface area (Å²) in [6, 6.07) is 3.46. The maximum atomic E-state index is 13.8. The van der Waals surface area contributed by atoms with E-state index in [1.807, 2.05) is 0 Å².